The van der Waals surface area contributed by atoms with Crippen LogP contribution in [-0.2, 0) is 4.79 Å². The summed E-state index contributed by atoms with van der Waals surface area (Å²) in [5, 5.41) is 9.73. The number of pyridine rings is 1. The van der Waals surface area contributed by atoms with Gasteiger partial charge in [0.1, 0.15) is 0 Å². The van der Waals surface area contributed by atoms with Gasteiger partial charge in [-0.05, 0) is 12.1 Å². The van der Waals surface area contributed by atoms with Crippen molar-refractivity contribution in [3.8, 4) is 0 Å². The smallest absolute Gasteiger partial charge is 0.328 e. The number of carbonyl (C=O) groups is 1. The number of halogens is 1. The number of carboxylic acids is 1. The molecular weight excluding hydrogens is 222 g/mol. The lowest BCUT2D eigenvalue weighted by molar-refractivity contribution is -0.131. The van der Waals surface area contributed by atoms with Gasteiger partial charge in [-0.1, -0.05) is 17.7 Å². The summed E-state index contributed by atoms with van der Waals surface area (Å²) in [6.07, 6.45) is 4.25. The molecule has 1 aromatic heterocycles. The second kappa shape index (κ2) is 5.67. The molecular formula is C9H8ClNO2S. The quantitative estimate of drug-likeness (QED) is 0.637. The lowest BCUT2D eigenvalue weighted by atomic mass is 10.5. The van der Waals surface area contributed by atoms with Gasteiger partial charge in [-0.25, -0.2) is 9.78 Å². The molecule has 74 valence electrons. The molecule has 0 fully saturated rings. The predicted octanol–water partition coefficient (Wildman–Crippen LogP) is 2.47. The van der Waals surface area contributed by atoms with Gasteiger partial charge in [-0.15, -0.1) is 11.8 Å². The van der Waals surface area contributed by atoms with Crippen molar-refractivity contribution >= 4 is 29.3 Å². The fraction of sp³-hybridized carbons (Fsp3) is 0.111. The Morgan fingerprint density at radius 2 is 2.43 bits per heavy atom. The van der Waals surface area contributed by atoms with E-state index in [4.69, 9.17) is 16.7 Å². The van der Waals surface area contributed by atoms with E-state index in [1.165, 1.54) is 11.8 Å². The van der Waals surface area contributed by atoms with Crippen LogP contribution in [0, 0.1) is 0 Å². The zero-order valence-electron chi connectivity index (χ0n) is 7.18. The first-order valence-electron chi connectivity index (χ1n) is 3.82. The third kappa shape index (κ3) is 4.30. The Bertz CT molecular complexity index is 337. The minimum Gasteiger partial charge on any atom is -0.478 e. The van der Waals surface area contributed by atoms with Gasteiger partial charge in [-0.3, -0.25) is 0 Å². The number of hydrogen-bond donors (Lipinski definition) is 1. The number of nitrogens with zero attached hydrogens (tertiary/aromatic N) is 1. The molecule has 3 nitrogen and oxygen atoms in total. The summed E-state index contributed by atoms with van der Waals surface area (Å²) in [4.78, 5) is 14.2. The molecule has 0 aliphatic heterocycles. The highest BCUT2D eigenvalue weighted by molar-refractivity contribution is 7.99. The van der Waals surface area contributed by atoms with Gasteiger partial charge in [0.25, 0.3) is 0 Å². The van der Waals surface area contributed by atoms with Gasteiger partial charge in [-0.2, -0.15) is 0 Å². The second-order valence-electron chi connectivity index (χ2n) is 2.37. The lowest BCUT2D eigenvalue weighted by Gasteiger charge is -1.95. The molecule has 0 spiro atoms. The molecule has 0 aliphatic rings. The highest BCUT2D eigenvalue weighted by atomic mass is 35.5. The standard InChI is InChI=1S/C9H8ClNO2S/c10-7-3-4-8(11-6-7)14-5-1-2-9(12)13/h1-4,6H,5H2,(H,12,13)/b2-1+. The highest BCUT2D eigenvalue weighted by Crippen LogP contribution is 2.16. The van der Waals surface area contributed by atoms with Gasteiger partial charge in [0.15, 0.2) is 0 Å². The van der Waals surface area contributed by atoms with E-state index in [-0.39, 0.29) is 0 Å². The van der Waals surface area contributed by atoms with Crippen molar-refractivity contribution in [3.05, 3.63) is 35.5 Å². The number of thioether (sulfide) groups is 1. The summed E-state index contributed by atoms with van der Waals surface area (Å²) in [6, 6.07) is 3.54. The minimum absolute atomic E-state index is 0.584. The molecule has 0 aromatic carbocycles. The first-order valence-corrected chi connectivity index (χ1v) is 5.18. The Balaban J connectivity index is 2.39. The fourth-order valence-electron chi connectivity index (χ4n) is 0.730. The molecule has 5 heteroatoms. The molecule has 1 N–H and O–H groups in total. The molecule has 0 aliphatic carbocycles. The summed E-state index contributed by atoms with van der Waals surface area (Å²) in [6.45, 7) is 0. The second-order valence-corrected chi connectivity index (χ2v) is 3.84. The van der Waals surface area contributed by atoms with Crippen LogP contribution < -0.4 is 0 Å². The maximum absolute atomic E-state index is 10.1. The van der Waals surface area contributed by atoms with Gasteiger partial charge in [0.2, 0.25) is 0 Å². The van der Waals surface area contributed by atoms with Crippen LogP contribution in [0.15, 0.2) is 35.5 Å². The summed E-state index contributed by atoms with van der Waals surface area (Å²) in [5.41, 5.74) is 0. The Kier molecular flexibility index (Phi) is 4.49. The van der Waals surface area contributed by atoms with Crippen LogP contribution in [0.1, 0.15) is 0 Å². The average Bonchev–Trinajstić information content (AvgIpc) is 2.15. The normalized spacial score (nSPS) is 10.6. The third-order valence-corrected chi connectivity index (χ3v) is 2.41. The Hall–Kier alpha value is -1.00. The fourth-order valence-corrected chi connectivity index (χ4v) is 1.50. The van der Waals surface area contributed by atoms with E-state index in [0.717, 1.165) is 11.1 Å². The molecule has 0 unspecified atom stereocenters. The van der Waals surface area contributed by atoms with Gasteiger partial charge in [0, 0.05) is 18.0 Å². The van der Waals surface area contributed by atoms with E-state index < -0.39 is 5.97 Å². The molecule has 1 aromatic rings. The first-order chi connectivity index (χ1) is 6.68. The van der Waals surface area contributed by atoms with E-state index in [0.29, 0.717) is 10.8 Å². The zero-order chi connectivity index (χ0) is 10.4. The molecule has 1 rings (SSSR count). The SMILES string of the molecule is O=C(O)/C=C/CSc1ccc(Cl)cn1. The van der Waals surface area contributed by atoms with Crippen molar-refractivity contribution in [2.45, 2.75) is 5.03 Å². The monoisotopic (exact) mass is 229 g/mol. The number of carboxylic acid groups (broad SMARTS) is 1. The summed E-state index contributed by atoms with van der Waals surface area (Å²) in [5.74, 6) is -0.351. The maximum atomic E-state index is 10.1. The summed E-state index contributed by atoms with van der Waals surface area (Å²) in [7, 11) is 0. The largest absolute Gasteiger partial charge is 0.478 e. The number of rotatable bonds is 4. The highest BCUT2D eigenvalue weighted by Gasteiger charge is 1.93. The van der Waals surface area contributed by atoms with Gasteiger partial charge >= 0.3 is 5.97 Å². The van der Waals surface area contributed by atoms with Crippen molar-refractivity contribution in [1.82, 2.24) is 4.98 Å². The van der Waals surface area contributed by atoms with E-state index in [1.54, 1.807) is 24.4 Å². The lowest BCUT2D eigenvalue weighted by Crippen LogP contribution is -1.86. The van der Waals surface area contributed by atoms with Crippen molar-refractivity contribution in [1.29, 1.82) is 0 Å². The van der Waals surface area contributed by atoms with E-state index in [1.807, 2.05) is 0 Å². The van der Waals surface area contributed by atoms with Crippen LogP contribution in [0.4, 0.5) is 0 Å². The Morgan fingerprint density at radius 3 is 3.00 bits per heavy atom. The molecule has 0 radical (unpaired) electrons. The molecule has 0 amide bonds. The van der Waals surface area contributed by atoms with Crippen LogP contribution >= 0.6 is 23.4 Å². The molecule has 0 atom stereocenters. The molecule has 0 saturated carbocycles. The Labute approximate surface area is 90.8 Å². The van der Waals surface area contributed by atoms with Gasteiger partial charge < -0.3 is 5.11 Å². The Morgan fingerprint density at radius 1 is 1.64 bits per heavy atom. The van der Waals surface area contributed by atoms with E-state index in [9.17, 15) is 4.79 Å². The molecule has 1 heterocycles. The van der Waals surface area contributed by atoms with E-state index >= 15 is 0 Å². The van der Waals surface area contributed by atoms with Crippen LogP contribution in [0.3, 0.4) is 0 Å². The van der Waals surface area contributed by atoms with Crippen molar-refractivity contribution in [2.24, 2.45) is 0 Å². The molecule has 0 bridgehead atoms. The number of aliphatic carboxylic acids is 1. The minimum atomic E-state index is -0.935. The first kappa shape index (κ1) is 11.1. The molecule has 0 saturated heterocycles. The van der Waals surface area contributed by atoms with Crippen LogP contribution in [-0.4, -0.2) is 21.8 Å². The molecule has 14 heavy (non-hydrogen) atoms. The third-order valence-electron chi connectivity index (χ3n) is 1.29. The number of hydrogen-bond acceptors (Lipinski definition) is 3. The summed E-state index contributed by atoms with van der Waals surface area (Å²) >= 11 is 7.10. The van der Waals surface area contributed by atoms with Gasteiger partial charge in [0.05, 0.1) is 10.0 Å². The van der Waals surface area contributed by atoms with Crippen LogP contribution in [0.5, 0.6) is 0 Å². The summed E-state index contributed by atoms with van der Waals surface area (Å²) < 4.78 is 0. The van der Waals surface area contributed by atoms with Crippen molar-refractivity contribution in [3.63, 3.8) is 0 Å². The van der Waals surface area contributed by atoms with Crippen molar-refractivity contribution in [2.75, 3.05) is 5.75 Å². The maximum Gasteiger partial charge on any atom is 0.328 e. The average molecular weight is 230 g/mol. The van der Waals surface area contributed by atoms with Crippen LogP contribution in [0.2, 0.25) is 5.02 Å². The zero-order valence-corrected chi connectivity index (χ0v) is 8.76. The topological polar surface area (TPSA) is 50.2 Å². The van der Waals surface area contributed by atoms with Crippen molar-refractivity contribution < 1.29 is 9.90 Å². The number of aromatic nitrogens is 1. The van der Waals surface area contributed by atoms with Crippen LogP contribution in [0.25, 0.3) is 0 Å². The predicted molar refractivity (Wildman–Crippen MR) is 56.7 cm³/mol. The van der Waals surface area contributed by atoms with E-state index in [2.05, 4.69) is 4.98 Å².